The Hall–Kier alpha value is -3.83. The van der Waals surface area contributed by atoms with Crippen LogP contribution in [0, 0.1) is 0 Å². The number of rotatable bonds is 7. The minimum atomic E-state index is -0.118. The molecule has 0 saturated carbocycles. The van der Waals surface area contributed by atoms with Gasteiger partial charge < -0.3 is 9.47 Å². The molecule has 0 aliphatic heterocycles. The maximum absolute atomic E-state index is 12.6. The molecule has 1 aromatic heterocycles. The Morgan fingerprint density at radius 1 is 0.938 bits per heavy atom. The largest absolute Gasteiger partial charge is 0.493 e. The number of halogens is 1. The molecule has 1 heterocycles. The van der Waals surface area contributed by atoms with Gasteiger partial charge in [-0.2, -0.15) is 5.10 Å². The summed E-state index contributed by atoms with van der Waals surface area (Å²) in [4.78, 5) is 12.6. The van der Waals surface area contributed by atoms with Gasteiger partial charge in [-0.25, -0.2) is 4.68 Å². The van der Waals surface area contributed by atoms with Crippen molar-refractivity contribution in [3.63, 3.8) is 0 Å². The highest BCUT2D eigenvalue weighted by molar-refractivity contribution is 6.30. The molecule has 0 saturated heterocycles. The number of para-hydroxylation sites is 1. The summed E-state index contributed by atoms with van der Waals surface area (Å²) in [6.45, 7) is 0. The Morgan fingerprint density at radius 3 is 2.34 bits per heavy atom. The van der Waals surface area contributed by atoms with E-state index in [-0.39, 0.29) is 5.78 Å². The van der Waals surface area contributed by atoms with Crippen LogP contribution in [0.4, 0.5) is 0 Å². The summed E-state index contributed by atoms with van der Waals surface area (Å²) >= 11 is 5.93. The Bertz CT molecular complexity index is 1260. The molecule has 0 spiro atoms. The van der Waals surface area contributed by atoms with E-state index >= 15 is 0 Å². The van der Waals surface area contributed by atoms with Gasteiger partial charge in [0.05, 0.1) is 19.9 Å². The highest BCUT2D eigenvalue weighted by atomic mass is 35.5. The SMILES string of the molecule is COc1ccc(-c2nn(-c3ccccc3)cc2C=CC(=O)c2ccc(Cl)cc2)cc1OC. The van der Waals surface area contributed by atoms with Crippen LogP contribution in [0.15, 0.2) is 85.1 Å². The first-order valence-corrected chi connectivity index (χ1v) is 10.3. The first-order chi connectivity index (χ1) is 15.6. The van der Waals surface area contributed by atoms with Crippen molar-refractivity contribution < 1.29 is 14.3 Å². The topological polar surface area (TPSA) is 53.4 Å². The molecule has 4 rings (SSSR count). The lowest BCUT2D eigenvalue weighted by atomic mass is 10.1. The summed E-state index contributed by atoms with van der Waals surface area (Å²) in [5, 5.41) is 5.37. The number of carbonyl (C=O) groups excluding carboxylic acids is 1. The number of allylic oxidation sites excluding steroid dienone is 1. The van der Waals surface area contributed by atoms with E-state index in [0.717, 1.165) is 22.5 Å². The predicted octanol–water partition coefficient (Wildman–Crippen LogP) is 6.11. The number of aromatic nitrogens is 2. The van der Waals surface area contributed by atoms with Gasteiger partial charge in [0.2, 0.25) is 0 Å². The average molecular weight is 445 g/mol. The molecule has 0 N–H and O–H groups in total. The maximum Gasteiger partial charge on any atom is 0.185 e. The quantitative estimate of drug-likeness (QED) is 0.255. The van der Waals surface area contributed by atoms with Gasteiger partial charge in [0, 0.05) is 27.9 Å². The van der Waals surface area contributed by atoms with Crippen LogP contribution in [-0.4, -0.2) is 29.8 Å². The summed E-state index contributed by atoms with van der Waals surface area (Å²) < 4.78 is 12.6. The van der Waals surface area contributed by atoms with E-state index < -0.39 is 0 Å². The Labute approximate surface area is 191 Å². The first-order valence-electron chi connectivity index (χ1n) is 9.94. The van der Waals surface area contributed by atoms with Crippen LogP contribution in [0.2, 0.25) is 5.02 Å². The highest BCUT2D eigenvalue weighted by Gasteiger charge is 2.14. The molecule has 4 aromatic rings. The van der Waals surface area contributed by atoms with Gasteiger partial charge in [-0.1, -0.05) is 29.8 Å². The van der Waals surface area contributed by atoms with Gasteiger partial charge >= 0.3 is 0 Å². The van der Waals surface area contributed by atoms with Crippen LogP contribution in [-0.2, 0) is 0 Å². The highest BCUT2D eigenvalue weighted by Crippen LogP contribution is 2.33. The first kappa shape index (κ1) is 21.4. The standard InChI is InChI=1S/C26H21ClN2O3/c1-31-24-15-11-19(16-25(24)32-2)26-20(17-29(28-26)22-6-4-3-5-7-22)10-14-23(30)18-8-12-21(27)13-9-18/h3-17H,1-2H3. The summed E-state index contributed by atoms with van der Waals surface area (Å²) in [6, 6.07) is 22.2. The molecule has 0 fully saturated rings. The zero-order valence-electron chi connectivity index (χ0n) is 17.7. The number of hydrogen-bond donors (Lipinski definition) is 0. The number of hydrogen-bond acceptors (Lipinski definition) is 4. The summed E-state index contributed by atoms with van der Waals surface area (Å²) in [6.07, 6.45) is 5.21. The van der Waals surface area contributed by atoms with E-state index in [1.54, 1.807) is 55.3 Å². The fourth-order valence-corrected chi connectivity index (χ4v) is 3.43. The molecule has 0 bridgehead atoms. The molecular formula is C26H21ClN2O3. The molecular weight excluding hydrogens is 424 g/mol. The van der Waals surface area contributed by atoms with Crippen LogP contribution in [0.25, 0.3) is 23.0 Å². The summed E-state index contributed by atoms with van der Waals surface area (Å²) in [7, 11) is 3.19. The van der Waals surface area contributed by atoms with E-state index in [9.17, 15) is 4.79 Å². The number of carbonyl (C=O) groups is 1. The van der Waals surface area contributed by atoms with Crippen LogP contribution in [0.5, 0.6) is 11.5 Å². The zero-order valence-corrected chi connectivity index (χ0v) is 18.4. The minimum Gasteiger partial charge on any atom is -0.493 e. The lowest BCUT2D eigenvalue weighted by Crippen LogP contribution is -1.95. The van der Waals surface area contributed by atoms with Crippen LogP contribution < -0.4 is 9.47 Å². The van der Waals surface area contributed by atoms with Crippen molar-refractivity contribution in [2.24, 2.45) is 0 Å². The third-order valence-electron chi connectivity index (χ3n) is 4.96. The molecule has 0 unspecified atom stereocenters. The van der Waals surface area contributed by atoms with Crippen LogP contribution >= 0.6 is 11.6 Å². The number of ketones is 1. The van der Waals surface area contributed by atoms with Gasteiger partial charge in [0.1, 0.15) is 5.69 Å². The lowest BCUT2D eigenvalue weighted by Gasteiger charge is -2.09. The third kappa shape index (κ3) is 4.58. The molecule has 0 amide bonds. The molecule has 6 heteroatoms. The second-order valence-corrected chi connectivity index (χ2v) is 7.42. The summed E-state index contributed by atoms with van der Waals surface area (Å²) in [5.41, 5.74) is 3.83. The fraction of sp³-hybridized carbons (Fsp3) is 0.0769. The van der Waals surface area contributed by atoms with E-state index in [2.05, 4.69) is 0 Å². The van der Waals surface area contributed by atoms with Gasteiger partial charge in [-0.05, 0) is 66.7 Å². The molecule has 5 nitrogen and oxygen atoms in total. The Morgan fingerprint density at radius 2 is 1.66 bits per heavy atom. The molecule has 0 aliphatic carbocycles. The van der Waals surface area contributed by atoms with Gasteiger partial charge in [-0.3, -0.25) is 4.79 Å². The maximum atomic E-state index is 12.6. The van der Waals surface area contributed by atoms with E-state index in [1.807, 2.05) is 54.7 Å². The monoisotopic (exact) mass is 444 g/mol. The smallest absolute Gasteiger partial charge is 0.185 e. The van der Waals surface area contributed by atoms with E-state index in [1.165, 1.54) is 0 Å². The van der Waals surface area contributed by atoms with Crippen molar-refractivity contribution in [1.82, 2.24) is 9.78 Å². The number of benzene rings is 3. The predicted molar refractivity (Wildman–Crippen MR) is 127 cm³/mol. The molecule has 32 heavy (non-hydrogen) atoms. The molecule has 0 atom stereocenters. The summed E-state index contributed by atoms with van der Waals surface area (Å²) in [5.74, 6) is 1.12. The van der Waals surface area contributed by atoms with Crippen molar-refractivity contribution in [2.45, 2.75) is 0 Å². The second kappa shape index (κ2) is 9.54. The van der Waals surface area contributed by atoms with Gasteiger partial charge in [0.25, 0.3) is 0 Å². The molecule has 0 aliphatic rings. The Balaban J connectivity index is 1.76. The van der Waals surface area contributed by atoms with Crippen molar-refractivity contribution in [1.29, 1.82) is 0 Å². The molecule has 3 aromatic carbocycles. The minimum absolute atomic E-state index is 0.118. The zero-order chi connectivity index (χ0) is 22.5. The van der Waals surface area contributed by atoms with Crippen molar-refractivity contribution in [3.8, 4) is 28.4 Å². The Kier molecular flexibility index (Phi) is 6.38. The van der Waals surface area contributed by atoms with Gasteiger partial charge in [-0.15, -0.1) is 0 Å². The molecule has 0 radical (unpaired) electrons. The van der Waals surface area contributed by atoms with Crippen molar-refractivity contribution in [2.75, 3.05) is 14.2 Å². The lowest BCUT2D eigenvalue weighted by molar-refractivity contribution is 0.104. The van der Waals surface area contributed by atoms with Crippen molar-refractivity contribution in [3.05, 3.63) is 101 Å². The second-order valence-electron chi connectivity index (χ2n) is 6.99. The van der Waals surface area contributed by atoms with Crippen LogP contribution in [0.1, 0.15) is 15.9 Å². The number of methoxy groups -OCH3 is 2. The fourth-order valence-electron chi connectivity index (χ4n) is 3.31. The van der Waals surface area contributed by atoms with Crippen molar-refractivity contribution >= 4 is 23.5 Å². The van der Waals surface area contributed by atoms with E-state index in [0.29, 0.717) is 22.1 Å². The normalized spacial score (nSPS) is 11.0. The third-order valence-corrected chi connectivity index (χ3v) is 5.22. The van der Waals surface area contributed by atoms with Crippen LogP contribution in [0.3, 0.4) is 0 Å². The van der Waals surface area contributed by atoms with E-state index in [4.69, 9.17) is 26.2 Å². The molecule has 160 valence electrons. The van der Waals surface area contributed by atoms with Gasteiger partial charge in [0.15, 0.2) is 17.3 Å². The number of ether oxygens (including phenoxy) is 2. The number of nitrogens with zero attached hydrogens (tertiary/aromatic N) is 2. The average Bonchev–Trinajstić information content (AvgIpc) is 3.27.